The zero-order valence-corrected chi connectivity index (χ0v) is 24.7. The van der Waals surface area contributed by atoms with E-state index in [1.54, 1.807) is 5.01 Å². The molecule has 9 atom stereocenters. The monoisotopic (exact) mass is 580 g/mol. The van der Waals surface area contributed by atoms with E-state index in [1.165, 1.54) is 6.92 Å². The molecule has 1 saturated carbocycles. The molecule has 5 aliphatic heterocycles. The number of carbonyl (C=O) groups is 1. The predicted octanol–water partition coefficient (Wildman–Crippen LogP) is 6.62. The van der Waals surface area contributed by atoms with Gasteiger partial charge >= 0.3 is 0 Å². The molecule has 1 amide bonds. The first-order chi connectivity index (χ1) is 19.7. The average Bonchev–Trinajstić information content (AvgIpc) is 3.28. The van der Waals surface area contributed by atoms with Crippen molar-refractivity contribution in [2.45, 2.75) is 89.8 Å². The number of carbonyl (C=O) groups excluding carboxylic acids is 1. The average molecular weight is 581 g/mol. The molecule has 1 aliphatic carbocycles. The molecular weight excluding hydrogens is 544 g/mol. The lowest BCUT2D eigenvalue weighted by Crippen LogP contribution is -2.70. The van der Waals surface area contributed by atoms with Gasteiger partial charge in [0.25, 0.3) is 0 Å². The Morgan fingerprint density at radius 3 is 2.51 bits per heavy atom. The number of halogens is 1. The summed E-state index contributed by atoms with van der Waals surface area (Å²) < 4.78 is 19.5. The molecule has 5 heterocycles. The second-order valence-electron chi connectivity index (χ2n) is 12.6. The minimum atomic E-state index is -0.816. The maximum Gasteiger partial charge on any atom is 0.240 e. The zero-order chi connectivity index (χ0) is 28.5. The summed E-state index contributed by atoms with van der Waals surface area (Å²) in [7, 11) is 0. The third-order valence-electron chi connectivity index (χ3n) is 10.0. The van der Waals surface area contributed by atoms with Crippen LogP contribution in [0.25, 0.3) is 0 Å². The Hall–Kier alpha value is -2.49. The highest BCUT2D eigenvalue weighted by atomic mass is 35.5. The number of rotatable bonds is 4. The van der Waals surface area contributed by atoms with E-state index < -0.39 is 24.0 Å². The molecule has 41 heavy (non-hydrogen) atoms. The van der Waals surface area contributed by atoms with Crippen molar-refractivity contribution in [1.82, 2.24) is 5.01 Å². The van der Waals surface area contributed by atoms with Gasteiger partial charge in [-0.05, 0) is 85.5 Å². The van der Waals surface area contributed by atoms with Gasteiger partial charge in [0.05, 0.1) is 11.8 Å². The topological polar surface area (TPSA) is 78.8 Å². The van der Waals surface area contributed by atoms with Gasteiger partial charge < -0.3 is 14.2 Å². The highest BCUT2D eigenvalue weighted by Crippen LogP contribution is 2.60. The summed E-state index contributed by atoms with van der Waals surface area (Å²) in [5, 5.41) is 6.90. The lowest BCUT2D eigenvalue weighted by molar-refractivity contribution is -0.575. The van der Waals surface area contributed by atoms with Crippen LogP contribution in [0.5, 0.6) is 5.75 Å². The quantitative estimate of drug-likeness (QED) is 0.378. The highest BCUT2D eigenvalue weighted by molar-refractivity contribution is 6.30. The SMILES string of the molecule is CC(=O)N1N=C(c2ccc(O[C@@H]3O[C@@H]4O[C@@]5(C)CC[C@H]6[C@H](C)CC[C@@H]([C@H]3C)[C@@]46OO5)cc2)CC1c1ccc(Cl)cc1. The molecule has 218 valence electrons. The van der Waals surface area contributed by atoms with Crippen molar-refractivity contribution in [3.8, 4) is 5.75 Å². The summed E-state index contributed by atoms with van der Waals surface area (Å²) >= 11 is 6.08. The van der Waals surface area contributed by atoms with Gasteiger partial charge in [-0.3, -0.25) is 4.79 Å². The van der Waals surface area contributed by atoms with E-state index >= 15 is 0 Å². The molecule has 2 aromatic rings. The number of hydrogen-bond donors (Lipinski definition) is 0. The molecule has 8 nitrogen and oxygen atoms in total. The number of amides is 1. The minimum Gasteiger partial charge on any atom is -0.465 e. The fourth-order valence-electron chi connectivity index (χ4n) is 7.79. The summed E-state index contributed by atoms with van der Waals surface area (Å²) in [4.78, 5) is 24.6. The van der Waals surface area contributed by atoms with Crippen LogP contribution in [-0.4, -0.2) is 40.6 Å². The van der Waals surface area contributed by atoms with Crippen molar-refractivity contribution in [3.05, 3.63) is 64.7 Å². The highest BCUT2D eigenvalue weighted by Gasteiger charge is 2.69. The van der Waals surface area contributed by atoms with Crippen LogP contribution in [-0.2, 0) is 24.0 Å². The van der Waals surface area contributed by atoms with Gasteiger partial charge in [0.1, 0.15) is 5.75 Å². The summed E-state index contributed by atoms with van der Waals surface area (Å²) in [6.45, 7) is 7.97. The van der Waals surface area contributed by atoms with Crippen molar-refractivity contribution in [3.63, 3.8) is 0 Å². The Morgan fingerprint density at radius 1 is 1.02 bits per heavy atom. The van der Waals surface area contributed by atoms with Crippen LogP contribution in [0.15, 0.2) is 53.6 Å². The van der Waals surface area contributed by atoms with Crippen LogP contribution in [0.3, 0.4) is 0 Å². The van der Waals surface area contributed by atoms with E-state index in [0.29, 0.717) is 29.0 Å². The Balaban J connectivity index is 1.09. The normalized spacial score (nSPS) is 39.6. The Morgan fingerprint density at radius 2 is 1.78 bits per heavy atom. The number of ether oxygens (including phenoxy) is 3. The number of nitrogens with zero attached hydrogens (tertiary/aromatic N) is 2. The van der Waals surface area contributed by atoms with E-state index in [9.17, 15) is 4.79 Å². The molecule has 0 radical (unpaired) electrons. The molecule has 0 aromatic heterocycles. The van der Waals surface area contributed by atoms with Gasteiger partial charge in [0.2, 0.25) is 18.0 Å². The first-order valence-corrected chi connectivity index (χ1v) is 15.1. The maximum atomic E-state index is 12.4. The molecule has 5 fully saturated rings. The summed E-state index contributed by atoms with van der Waals surface area (Å²) in [6.07, 6.45) is 3.53. The summed E-state index contributed by atoms with van der Waals surface area (Å²) in [5.74, 6) is 0.905. The predicted molar refractivity (Wildman–Crippen MR) is 152 cm³/mol. The Labute approximate surface area is 245 Å². The molecular formula is C32H37ClN2O6. The molecule has 1 unspecified atom stereocenters. The van der Waals surface area contributed by atoms with Crippen molar-refractivity contribution < 1.29 is 28.8 Å². The molecule has 0 N–H and O–H groups in total. The van der Waals surface area contributed by atoms with Crippen LogP contribution in [0.1, 0.15) is 77.0 Å². The van der Waals surface area contributed by atoms with Crippen molar-refractivity contribution in [2.75, 3.05) is 0 Å². The van der Waals surface area contributed by atoms with Gasteiger partial charge in [-0.1, -0.05) is 37.6 Å². The third-order valence-corrected chi connectivity index (χ3v) is 10.3. The minimum absolute atomic E-state index is 0.0825. The number of hydrogen-bond acceptors (Lipinski definition) is 7. The van der Waals surface area contributed by atoms with E-state index in [1.807, 2.05) is 55.5 Å². The lowest BCUT2D eigenvalue weighted by Gasteiger charge is -2.60. The van der Waals surface area contributed by atoms with Crippen molar-refractivity contribution >= 4 is 23.2 Å². The van der Waals surface area contributed by atoms with Gasteiger partial charge in [-0.25, -0.2) is 14.8 Å². The van der Waals surface area contributed by atoms with Crippen LogP contribution in [0, 0.1) is 23.7 Å². The zero-order valence-electron chi connectivity index (χ0n) is 23.9. The number of fused-ring (bicyclic) bond motifs is 2. The molecule has 1 spiro atoms. The molecule has 2 aromatic carbocycles. The van der Waals surface area contributed by atoms with E-state index in [4.69, 9.17) is 35.6 Å². The number of benzene rings is 2. The Bertz CT molecular complexity index is 1350. The van der Waals surface area contributed by atoms with Gasteiger partial charge in [-0.15, -0.1) is 0 Å². The molecule has 8 rings (SSSR count). The second kappa shape index (κ2) is 10.1. The van der Waals surface area contributed by atoms with Gasteiger partial charge in [-0.2, -0.15) is 5.10 Å². The molecule has 6 aliphatic rings. The van der Waals surface area contributed by atoms with Crippen molar-refractivity contribution in [2.24, 2.45) is 28.8 Å². The summed E-state index contributed by atoms with van der Waals surface area (Å²) in [6, 6.07) is 15.3. The Kier molecular flexibility index (Phi) is 6.71. The van der Waals surface area contributed by atoms with E-state index in [-0.39, 0.29) is 23.8 Å². The molecule has 4 saturated heterocycles. The van der Waals surface area contributed by atoms with Crippen LogP contribution in [0.2, 0.25) is 5.02 Å². The molecule has 2 bridgehead atoms. The van der Waals surface area contributed by atoms with Crippen molar-refractivity contribution in [1.29, 1.82) is 0 Å². The van der Waals surface area contributed by atoms with Crippen LogP contribution in [0.4, 0.5) is 0 Å². The van der Waals surface area contributed by atoms with Crippen LogP contribution >= 0.6 is 11.6 Å². The largest absolute Gasteiger partial charge is 0.465 e. The second-order valence-corrected chi connectivity index (χ2v) is 13.0. The third kappa shape index (κ3) is 4.50. The van der Waals surface area contributed by atoms with Gasteiger partial charge in [0.15, 0.2) is 11.9 Å². The first-order valence-electron chi connectivity index (χ1n) is 14.8. The fourth-order valence-corrected chi connectivity index (χ4v) is 7.91. The standard InChI is InChI=1S/C32H37ClN2O6/c1-18-5-14-26-19(2)29(38-30-32(26)25(18)15-16-31(4,39-30)40-41-32)37-24-12-8-21(9-13-24)27-17-28(35(34-27)20(3)36)22-6-10-23(33)11-7-22/h6-13,18-19,25-26,28-30H,5,14-17H2,1-4H3/t18-,19-,25+,26+,28?,29-,30-,31-,32-/m1/s1. The van der Waals surface area contributed by atoms with E-state index in [0.717, 1.165) is 42.5 Å². The number of hydrazone groups is 1. The first kappa shape index (κ1) is 27.3. The van der Waals surface area contributed by atoms with E-state index in [2.05, 4.69) is 18.9 Å². The molecule has 9 heteroatoms. The van der Waals surface area contributed by atoms with Crippen LogP contribution < -0.4 is 4.74 Å². The summed E-state index contributed by atoms with van der Waals surface area (Å²) in [5.41, 5.74) is 2.19. The lowest BCUT2D eigenvalue weighted by atomic mass is 9.58. The smallest absolute Gasteiger partial charge is 0.240 e. The maximum absolute atomic E-state index is 12.4. The van der Waals surface area contributed by atoms with Gasteiger partial charge in [0, 0.05) is 36.6 Å². The fraction of sp³-hybridized carbons (Fsp3) is 0.562.